The monoisotopic (exact) mass is 173 g/mol. The van der Waals surface area contributed by atoms with E-state index in [1.54, 1.807) is 0 Å². The predicted molar refractivity (Wildman–Crippen MR) is 25.1 cm³/mol. The summed E-state index contributed by atoms with van der Waals surface area (Å²) in [6.07, 6.45) is 0.635. The van der Waals surface area contributed by atoms with E-state index in [0.29, 0.717) is 6.26 Å². The fourth-order valence-electron chi connectivity index (χ4n) is 0.0877. The topological polar surface area (TPSA) is 105 Å². The van der Waals surface area contributed by atoms with Gasteiger partial charge in [0.2, 0.25) is 0 Å². The van der Waals surface area contributed by atoms with Crippen molar-refractivity contribution in [2.24, 2.45) is 0 Å². The second kappa shape index (κ2) is 3.29. The molecule has 0 heterocycles. The molecule has 0 unspecified atom stereocenters. The smallest absolute Gasteiger partial charge is 0.197 e. The van der Waals surface area contributed by atoms with Crippen molar-refractivity contribution in [3.05, 3.63) is 10.1 Å². The molecule has 0 atom stereocenters. The Morgan fingerprint density at radius 1 is 1.50 bits per heavy atom. The zero-order chi connectivity index (χ0) is 8.20. The lowest BCUT2D eigenvalue weighted by molar-refractivity contribution is -0.882. The molecule has 0 rings (SSSR count). The lowest BCUT2D eigenvalue weighted by Crippen LogP contribution is -2.07. The fraction of sp³-hybridized carbons (Fsp3) is 1.00. The van der Waals surface area contributed by atoms with Gasteiger partial charge in [-0.15, -0.1) is 15.1 Å². The zero-order valence-corrected chi connectivity index (χ0v) is 5.53. The van der Waals surface area contributed by atoms with Crippen molar-refractivity contribution in [3.8, 4) is 0 Å². The highest BCUT2D eigenvalue weighted by atomic mass is 32.2. The SMILES string of the molecule is CS(=O)(=O)OOO[N+](=O)[O-]. The molecular formula is CH3NO7S. The molecule has 0 radical (unpaired) electrons. The van der Waals surface area contributed by atoms with Crippen molar-refractivity contribution < 1.29 is 27.9 Å². The Kier molecular flexibility index (Phi) is 2.99. The van der Waals surface area contributed by atoms with E-state index in [0.717, 1.165) is 0 Å². The van der Waals surface area contributed by atoms with E-state index in [4.69, 9.17) is 0 Å². The second-order valence-corrected chi connectivity index (χ2v) is 2.68. The first-order chi connectivity index (χ1) is 4.42. The molecule has 0 aromatic rings. The van der Waals surface area contributed by atoms with E-state index in [-0.39, 0.29) is 0 Å². The van der Waals surface area contributed by atoms with Gasteiger partial charge in [0.05, 0.1) is 6.26 Å². The molecule has 0 aliphatic heterocycles. The average Bonchev–Trinajstić information content (AvgIpc) is 1.59. The molecule has 0 aliphatic rings. The highest BCUT2D eigenvalue weighted by Gasteiger charge is 2.04. The first-order valence-corrected chi connectivity index (χ1v) is 3.61. The van der Waals surface area contributed by atoms with Gasteiger partial charge in [0.15, 0.2) is 0 Å². The molecule has 0 fully saturated rings. The maximum atomic E-state index is 9.96. The summed E-state index contributed by atoms with van der Waals surface area (Å²) < 4.78 is 23.3. The Labute approximate surface area is 55.4 Å². The van der Waals surface area contributed by atoms with Gasteiger partial charge in [-0.1, -0.05) is 4.33 Å². The summed E-state index contributed by atoms with van der Waals surface area (Å²) in [5.74, 6) is 0. The Bertz CT molecular complexity index is 204. The summed E-state index contributed by atoms with van der Waals surface area (Å²) in [7, 11) is -3.87. The molecule has 0 bridgehead atoms. The molecule has 9 heteroatoms. The minimum atomic E-state index is -3.87. The molecule has 0 aromatic carbocycles. The van der Waals surface area contributed by atoms with Crippen LogP contribution in [-0.2, 0) is 24.5 Å². The van der Waals surface area contributed by atoms with Crippen LogP contribution >= 0.6 is 0 Å². The summed E-state index contributed by atoms with van der Waals surface area (Å²) in [5, 5.41) is 11.1. The molecule has 0 aliphatic carbocycles. The van der Waals surface area contributed by atoms with Crippen LogP contribution in [0.2, 0.25) is 0 Å². The van der Waals surface area contributed by atoms with E-state index in [9.17, 15) is 18.5 Å². The minimum Gasteiger partial charge on any atom is -0.197 e. The van der Waals surface area contributed by atoms with Crippen molar-refractivity contribution in [1.82, 2.24) is 0 Å². The Morgan fingerprint density at radius 2 is 2.00 bits per heavy atom. The minimum absolute atomic E-state index is 0.635. The molecule has 0 saturated heterocycles. The fourth-order valence-corrected chi connectivity index (χ4v) is 0.213. The van der Waals surface area contributed by atoms with Crippen LogP contribution in [0.1, 0.15) is 0 Å². The Hall–Kier alpha value is -0.930. The van der Waals surface area contributed by atoms with Gasteiger partial charge < -0.3 is 0 Å². The van der Waals surface area contributed by atoms with Crippen molar-refractivity contribution in [1.29, 1.82) is 0 Å². The highest BCUT2D eigenvalue weighted by molar-refractivity contribution is 7.85. The number of hydrogen-bond acceptors (Lipinski definition) is 7. The summed E-state index contributed by atoms with van der Waals surface area (Å²) in [6.45, 7) is 0. The number of rotatable bonds is 4. The summed E-state index contributed by atoms with van der Waals surface area (Å²) in [4.78, 5) is 12.3. The van der Waals surface area contributed by atoms with Crippen molar-refractivity contribution in [3.63, 3.8) is 0 Å². The standard InChI is InChI=1S/CH3NO7S/c1-10(5,6)9-8-7-2(3)4/h1H3. The van der Waals surface area contributed by atoms with Crippen LogP contribution in [0.25, 0.3) is 0 Å². The maximum absolute atomic E-state index is 9.96. The van der Waals surface area contributed by atoms with Gasteiger partial charge in [0.25, 0.3) is 10.1 Å². The van der Waals surface area contributed by atoms with E-state index in [1.165, 1.54) is 0 Å². The van der Waals surface area contributed by atoms with Crippen LogP contribution in [0.4, 0.5) is 0 Å². The second-order valence-electron chi connectivity index (χ2n) is 1.14. The molecule has 8 nitrogen and oxygen atoms in total. The predicted octanol–water partition coefficient (Wildman–Crippen LogP) is -0.982. The summed E-state index contributed by atoms with van der Waals surface area (Å²) >= 11 is 0. The van der Waals surface area contributed by atoms with E-state index in [2.05, 4.69) is 14.4 Å². The first-order valence-electron chi connectivity index (χ1n) is 1.79. The van der Waals surface area contributed by atoms with Crippen LogP contribution in [0, 0.1) is 10.1 Å². The normalized spacial score (nSPS) is 10.9. The lowest BCUT2D eigenvalue weighted by atomic mass is 12.0. The Morgan fingerprint density at radius 3 is 2.30 bits per heavy atom. The van der Waals surface area contributed by atoms with E-state index >= 15 is 0 Å². The third kappa shape index (κ3) is 7.07. The maximum Gasteiger partial charge on any atom is 0.324 e. The van der Waals surface area contributed by atoms with Crippen molar-refractivity contribution in [2.45, 2.75) is 0 Å². The third-order valence-electron chi connectivity index (χ3n) is 0.243. The molecule has 0 aromatic heterocycles. The lowest BCUT2D eigenvalue weighted by Gasteiger charge is -1.93. The van der Waals surface area contributed by atoms with Gasteiger partial charge in [-0.2, -0.15) is 8.42 Å². The van der Waals surface area contributed by atoms with Gasteiger partial charge in [0.1, 0.15) is 0 Å². The first kappa shape index (κ1) is 9.07. The molecule has 0 saturated carbocycles. The molecular weight excluding hydrogens is 170 g/mol. The van der Waals surface area contributed by atoms with Crippen molar-refractivity contribution >= 4 is 10.1 Å². The van der Waals surface area contributed by atoms with Gasteiger partial charge in [-0.3, -0.25) is 0 Å². The average molecular weight is 173 g/mol. The molecule has 0 spiro atoms. The number of hydrogen-bond donors (Lipinski definition) is 0. The quantitative estimate of drug-likeness (QED) is 0.305. The molecule has 0 amide bonds. The highest BCUT2D eigenvalue weighted by Crippen LogP contribution is 1.88. The van der Waals surface area contributed by atoms with E-state index < -0.39 is 15.2 Å². The van der Waals surface area contributed by atoms with Crippen LogP contribution in [-0.4, -0.2) is 19.8 Å². The van der Waals surface area contributed by atoms with Crippen LogP contribution in [0.5, 0.6) is 0 Å². The molecule has 60 valence electrons. The molecule has 0 N–H and O–H groups in total. The van der Waals surface area contributed by atoms with E-state index in [1.807, 2.05) is 0 Å². The van der Waals surface area contributed by atoms with Crippen molar-refractivity contribution in [2.75, 3.05) is 6.26 Å². The summed E-state index contributed by atoms with van der Waals surface area (Å²) in [5.41, 5.74) is 0. The van der Waals surface area contributed by atoms with Crippen LogP contribution in [0.15, 0.2) is 0 Å². The van der Waals surface area contributed by atoms with Gasteiger partial charge in [0, 0.05) is 0 Å². The third-order valence-corrected chi connectivity index (χ3v) is 0.545. The van der Waals surface area contributed by atoms with Gasteiger partial charge in [-0.25, -0.2) is 0 Å². The molecule has 10 heavy (non-hydrogen) atoms. The number of nitrogens with zero attached hydrogens (tertiary/aromatic N) is 1. The van der Waals surface area contributed by atoms with Crippen LogP contribution < -0.4 is 0 Å². The van der Waals surface area contributed by atoms with Crippen LogP contribution in [0.3, 0.4) is 0 Å². The summed E-state index contributed by atoms with van der Waals surface area (Å²) in [6, 6.07) is 0. The Balaban J connectivity index is 3.49. The van der Waals surface area contributed by atoms with Gasteiger partial charge >= 0.3 is 5.09 Å². The largest absolute Gasteiger partial charge is 0.324 e. The van der Waals surface area contributed by atoms with Gasteiger partial charge in [-0.05, 0) is 5.04 Å². The zero-order valence-electron chi connectivity index (χ0n) is 4.71.